The molecule has 1 heterocycles. The van der Waals surface area contributed by atoms with Crippen molar-refractivity contribution < 1.29 is 9.18 Å². The Morgan fingerprint density at radius 3 is 2.03 bits per heavy atom. The Morgan fingerprint density at radius 2 is 1.47 bits per heavy atom. The van der Waals surface area contributed by atoms with Gasteiger partial charge in [-0.15, -0.1) is 0 Å². The van der Waals surface area contributed by atoms with Gasteiger partial charge in [-0.3, -0.25) is 4.79 Å². The summed E-state index contributed by atoms with van der Waals surface area (Å²) in [4.78, 5) is 15.7. The van der Waals surface area contributed by atoms with E-state index in [0.29, 0.717) is 12.5 Å². The van der Waals surface area contributed by atoms with Gasteiger partial charge in [-0.05, 0) is 81.4 Å². The van der Waals surface area contributed by atoms with Gasteiger partial charge in [0, 0.05) is 6.54 Å². The molecule has 3 nitrogen and oxygen atoms in total. The molecule has 4 rings (SSSR count). The van der Waals surface area contributed by atoms with E-state index >= 15 is 0 Å². The molecule has 34 heavy (non-hydrogen) atoms. The van der Waals surface area contributed by atoms with E-state index in [0.717, 1.165) is 55.6 Å². The average Bonchev–Trinajstić information content (AvgIpc) is 2.85. The second-order valence-corrected chi connectivity index (χ2v) is 9.54. The minimum absolute atomic E-state index is 0.0472. The largest absolute Gasteiger partial charge is 0.355 e. The first-order chi connectivity index (χ1) is 16.5. The molecule has 0 aliphatic carbocycles. The first-order valence-electron chi connectivity index (χ1n) is 12.4. The van der Waals surface area contributed by atoms with Crippen molar-refractivity contribution in [1.29, 1.82) is 0 Å². The molecule has 1 amide bonds. The molecule has 0 saturated carbocycles. The summed E-state index contributed by atoms with van der Waals surface area (Å²) in [5.41, 5.74) is 5.26. The zero-order valence-corrected chi connectivity index (χ0v) is 20.3. The smallest absolute Gasteiger partial charge is 0.232 e. The summed E-state index contributed by atoms with van der Waals surface area (Å²) in [6.45, 7) is 7.67. The van der Waals surface area contributed by atoms with Crippen LogP contribution in [-0.2, 0) is 4.79 Å². The zero-order chi connectivity index (χ0) is 23.9. The van der Waals surface area contributed by atoms with E-state index in [1.54, 1.807) is 12.1 Å². The monoisotopic (exact) mass is 458 g/mol. The summed E-state index contributed by atoms with van der Waals surface area (Å²) in [7, 11) is 0. The molecule has 0 radical (unpaired) electrons. The minimum Gasteiger partial charge on any atom is -0.355 e. The van der Waals surface area contributed by atoms with Crippen LogP contribution in [0.5, 0.6) is 0 Å². The van der Waals surface area contributed by atoms with Crippen LogP contribution in [0.2, 0.25) is 0 Å². The zero-order valence-electron chi connectivity index (χ0n) is 20.3. The quantitative estimate of drug-likeness (QED) is 0.423. The highest BCUT2D eigenvalue weighted by molar-refractivity contribution is 5.87. The van der Waals surface area contributed by atoms with Crippen molar-refractivity contribution in [2.75, 3.05) is 26.2 Å². The highest BCUT2D eigenvalue weighted by Gasteiger charge is 2.24. The number of aryl methyl sites for hydroxylation is 2. The Kier molecular flexibility index (Phi) is 8.12. The van der Waals surface area contributed by atoms with Crippen LogP contribution in [0.4, 0.5) is 4.39 Å². The molecule has 1 aliphatic heterocycles. The number of hydrogen-bond donors (Lipinski definition) is 1. The van der Waals surface area contributed by atoms with Crippen molar-refractivity contribution in [3.63, 3.8) is 0 Å². The van der Waals surface area contributed by atoms with Crippen LogP contribution in [-0.4, -0.2) is 37.0 Å². The Labute approximate surface area is 203 Å². The molecule has 0 unspecified atom stereocenters. The second kappa shape index (κ2) is 11.4. The Balaban J connectivity index is 1.28. The Bertz CT molecular complexity index is 1020. The lowest BCUT2D eigenvalue weighted by Gasteiger charge is -2.32. The molecule has 1 saturated heterocycles. The van der Waals surface area contributed by atoms with Crippen LogP contribution in [0.15, 0.2) is 72.8 Å². The van der Waals surface area contributed by atoms with Gasteiger partial charge in [-0.2, -0.15) is 0 Å². The molecular formula is C30H35FN2O. The Hall–Kier alpha value is -2.98. The van der Waals surface area contributed by atoms with E-state index in [1.807, 2.05) is 12.1 Å². The molecule has 178 valence electrons. The molecule has 0 bridgehead atoms. The summed E-state index contributed by atoms with van der Waals surface area (Å²) in [6, 6.07) is 23.6. The van der Waals surface area contributed by atoms with Gasteiger partial charge in [0.25, 0.3) is 0 Å². The highest BCUT2D eigenvalue weighted by atomic mass is 19.1. The van der Waals surface area contributed by atoms with Crippen molar-refractivity contribution in [3.8, 4) is 0 Å². The molecule has 0 aromatic heterocycles. The molecule has 1 fully saturated rings. The van der Waals surface area contributed by atoms with Crippen LogP contribution in [0.1, 0.15) is 58.9 Å². The number of hydrogen-bond acceptors (Lipinski definition) is 2. The van der Waals surface area contributed by atoms with E-state index in [1.165, 1.54) is 11.1 Å². The van der Waals surface area contributed by atoms with E-state index in [-0.39, 0.29) is 17.6 Å². The summed E-state index contributed by atoms with van der Waals surface area (Å²) in [5.74, 6) is -0.0361. The van der Waals surface area contributed by atoms with Crippen molar-refractivity contribution in [2.24, 2.45) is 0 Å². The van der Waals surface area contributed by atoms with Gasteiger partial charge in [0.05, 0.1) is 5.92 Å². The van der Waals surface area contributed by atoms with Crippen molar-refractivity contribution in [1.82, 2.24) is 10.2 Å². The van der Waals surface area contributed by atoms with E-state index in [9.17, 15) is 9.18 Å². The van der Waals surface area contributed by atoms with Gasteiger partial charge in [0.15, 0.2) is 0 Å². The molecule has 3 aromatic rings. The molecule has 3 aromatic carbocycles. The van der Waals surface area contributed by atoms with Crippen LogP contribution < -0.4 is 5.32 Å². The predicted octanol–water partition coefficient (Wildman–Crippen LogP) is 5.96. The molecule has 1 N–H and O–H groups in total. The fourth-order valence-corrected chi connectivity index (χ4v) is 4.90. The van der Waals surface area contributed by atoms with Gasteiger partial charge in [-0.1, -0.05) is 77.9 Å². The third kappa shape index (κ3) is 6.12. The number of nitrogens with zero attached hydrogens (tertiary/aromatic N) is 1. The lowest BCUT2D eigenvalue weighted by molar-refractivity contribution is -0.121. The van der Waals surface area contributed by atoms with Crippen molar-refractivity contribution in [2.45, 2.75) is 44.9 Å². The van der Waals surface area contributed by atoms with Crippen LogP contribution in [0.25, 0.3) is 0 Å². The van der Waals surface area contributed by atoms with Gasteiger partial charge >= 0.3 is 0 Å². The van der Waals surface area contributed by atoms with E-state index in [4.69, 9.17) is 0 Å². The number of carbonyl (C=O) groups is 1. The SMILES string of the molecule is Cc1ccc(C(C(=O)NCCCN2CCC(c3ccccc3F)CC2)c2ccc(C)cc2)cc1. The highest BCUT2D eigenvalue weighted by Crippen LogP contribution is 2.30. The standard InChI is InChI=1S/C30H35FN2O/c1-22-8-12-25(13-9-22)29(26-14-10-23(2)11-15-26)30(34)32-18-5-19-33-20-16-24(17-21-33)27-6-3-4-7-28(27)31/h3-4,6-15,24,29H,5,16-21H2,1-2H3,(H,32,34). The van der Waals surface area contributed by atoms with Crippen molar-refractivity contribution >= 4 is 5.91 Å². The maximum Gasteiger partial charge on any atom is 0.232 e. The summed E-state index contributed by atoms with van der Waals surface area (Å²) in [5, 5.41) is 3.18. The fraction of sp³-hybridized carbons (Fsp3) is 0.367. The number of benzene rings is 3. The van der Waals surface area contributed by atoms with Gasteiger partial charge in [0.2, 0.25) is 5.91 Å². The van der Waals surface area contributed by atoms with Crippen LogP contribution in [0, 0.1) is 19.7 Å². The van der Waals surface area contributed by atoms with E-state index < -0.39 is 0 Å². The predicted molar refractivity (Wildman–Crippen MR) is 137 cm³/mol. The number of amides is 1. The first kappa shape index (κ1) is 24.2. The number of nitrogens with one attached hydrogen (secondary N) is 1. The maximum atomic E-state index is 14.1. The molecule has 1 aliphatic rings. The number of likely N-dealkylation sites (tertiary alicyclic amines) is 1. The van der Waals surface area contributed by atoms with Gasteiger partial charge < -0.3 is 10.2 Å². The lowest BCUT2D eigenvalue weighted by Crippen LogP contribution is -2.36. The van der Waals surface area contributed by atoms with Crippen LogP contribution in [0.3, 0.4) is 0 Å². The number of halogens is 1. The first-order valence-corrected chi connectivity index (χ1v) is 12.4. The Morgan fingerprint density at radius 1 is 0.912 bits per heavy atom. The summed E-state index contributed by atoms with van der Waals surface area (Å²) >= 11 is 0. The topological polar surface area (TPSA) is 32.3 Å². The molecule has 4 heteroatoms. The van der Waals surface area contributed by atoms with Gasteiger partial charge in [-0.25, -0.2) is 4.39 Å². The fourth-order valence-electron chi connectivity index (χ4n) is 4.90. The number of piperidine rings is 1. The average molecular weight is 459 g/mol. The summed E-state index contributed by atoms with van der Waals surface area (Å²) < 4.78 is 14.1. The normalized spacial score (nSPS) is 14.9. The third-order valence-electron chi connectivity index (χ3n) is 6.97. The number of carbonyl (C=O) groups excluding carboxylic acids is 1. The third-order valence-corrected chi connectivity index (χ3v) is 6.97. The van der Waals surface area contributed by atoms with Crippen LogP contribution >= 0.6 is 0 Å². The molecule has 0 atom stereocenters. The van der Waals surface area contributed by atoms with E-state index in [2.05, 4.69) is 72.6 Å². The molecular weight excluding hydrogens is 423 g/mol. The molecule has 0 spiro atoms. The summed E-state index contributed by atoms with van der Waals surface area (Å²) in [6.07, 6.45) is 2.87. The van der Waals surface area contributed by atoms with Crippen molar-refractivity contribution in [3.05, 3.63) is 106 Å². The minimum atomic E-state index is -0.308. The number of rotatable bonds is 8. The van der Waals surface area contributed by atoms with Gasteiger partial charge in [0.1, 0.15) is 5.82 Å². The lowest BCUT2D eigenvalue weighted by atomic mass is 9.89. The second-order valence-electron chi connectivity index (χ2n) is 9.54. The maximum absolute atomic E-state index is 14.1.